The zero-order chi connectivity index (χ0) is 22.2. The predicted octanol–water partition coefficient (Wildman–Crippen LogP) is 4.21. The summed E-state index contributed by atoms with van der Waals surface area (Å²) in [6.45, 7) is 2.17. The Morgan fingerprint density at radius 1 is 1.03 bits per heavy atom. The third-order valence-corrected chi connectivity index (χ3v) is 6.57. The Morgan fingerprint density at radius 3 is 2.48 bits per heavy atom. The number of hydrogen-bond acceptors (Lipinski definition) is 5. The van der Waals surface area contributed by atoms with Gasteiger partial charge in [-0.15, -0.1) is 0 Å². The van der Waals surface area contributed by atoms with E-state index < -0.39 is 15.9 Å². The second-order valence-corrected chi connectivity index (χ2v) is 9.29. The van der Waals surface area contributed by atoms with Gasteiger partial charge in [-0.3, -0.25) is 4.79 Å². The number of pyridine rings is 1. The summed E-state index contributed by atoms with van der Waals surface area (Å²) in [7, 11) is -4.02. The van der Waals surface area contributed by atoms with Gasteiger partial charge in [-0.25, -0.2) is 23.1 Å². The van der Waals surface area contributed by atoms with Crippen LogP contribution >= 0.6 is 23.2 Å². The van der Waals surface area contributed by atoms with Crippen LogP contribution < -0.4 is 4.72 Å². The number of carbonyl (C=O) groups excluding carboxylic acids is 1. The highest BCUT2D eigenvalue weighted by Crippen LogP contribution is 2.24. The normalized spacial score (nSPS) is 11.6. The molecule has 0 aliphatic heterocycles. The Morgan fingerprint density at radius 2 is 1.77 bits per heavy atom. The van der Waals surface area contributed by atoms with Crippen molar-refractivity contribution in [3.05, 3.63) is 87.8 Å². The van der Waals surface area contributed by atoms with Crippen LogP contribution in [0.25, 0.3) is 11.2 Å². The van der Waals surface area contributed by atoms with E-state index in [1.54, 1.807) is 47.0 Å². The number of aryl methyl sites for hydroxylation is 1. The molecule has 31 heavy (non-hydrogen) atoms. The molecule has 0 saturated carbocycles. The molecule has 1 N–H and O–H groups in total. The molecule has 7 nitrogen and oxygen atoms in total. The van der Waals surface area contributed by atoms with Gasteiger partial charge in [0.1, 0.15) is 17.0 Å². The van der Waals surface area contributed by atoms with Crippen molar-refractivity contribution in [1.29, 1.82) is 0 Å². The van der Waals surface area contributed by atoms with Crippen molar-refractivity contribution in [3.8, 4) is 0 Å². The lowest BCUT2D eigenvalue weighted by molar-refractivity contribution is 0.0977. The number of imidazole rings is 1. The third kappa shape index (κ3) is 4.41. The summed E-state index contributed by atoms with van der Waals surface area (Å²) in [6, 6.07) is 15.9. The van der Waals surface area contributed by atoms with E-state index in [-0.39, 0.29) is 10.6 Å². The Hall–Kier alpha value is -2.94. The molecule has 0 atom stereocenters. The zero-order valence-electron chi connectivity index (χ0n) is 16.2. The molecule has 2 aromatic heterocycles. The fourth-order valence-electron chi connectivity index (χ4n) is 3.08. The van der Waals surface area contributed by atoms with E-state index in [1.165, 1.54) is 18.2 Å². The maximum Gasteiger partial charge on any atom is 0.283 e. The van der Waals surface area contributed by atoms with Crippen LogP contribution in [0, 0.1) is 6.92 Å². The van der Waals surface area contributed by atoms with Crippen LogP contribution in [0.3, 0.4) is 0 Å². The summed E-state index contributed by atoms with van der Waals surface area (Å²) in [5, 5.41) is 1.02. The summed E-state index contributed by atoms with van der Waals surface area (Å²) in [5.74, 6) is -0.163. The number of nitrogens with zero attached hydrogens (tertiary/aromatic N) is 3. The molecule has 1 amide bonds. The predicted molar refractivity (Wildman–Crippen MR) is 119 cm³/mol. The van der Waals surface area contributed by atoms with Crippen LogP contribution in [-0.4, -0.2) is 28.9 Å². The first kappa shape index (κ1) is 21.3. The fourth-order valence-corrected chi connectivity index (χ4v) is 4.53. The van der Waals surface area contributed by atoms with Gasteiger partial charge in [0, 0.05) is 10.0 Å². The molecule has 2 heterocycles. The Balaban J connectivity index is 1.67. The van der Waals surface area contributed by atoms with Crippen molar-refractivity contribution < 1.29 is 13.2 Å². The Bertz CT molecular complexity index is 1400. The molecule has 0 aliphatic carbocycles. The number of hydrogen-bond donors (Lipinski definition) is 1. The minimum absolute atomic E-state index is 0.0114. The van der Waals surface area contributed by atoms with Crippen LogP contribution in [0.2, 0.25) is 10.0 Å². The Labute approximate surface area is 188 Å². The molecular formula is C21H16Cl2N4O3S. The largest absolute Gasteiger partial charge is 0.308 e. The maximum absolute atomic E-state index is 12.6. The molecule has 0 fully saturated rings. The van der Waals surface area contributed by atoms with E-state index in [2.05, 4.69) is 14.7 Å². The minimum Gasteiger partial charge on any atom is -0.308 e. The van der Waals surface area contributed by atoms with Gasteiger partial charge in [0.2, 0.25) is 0 Å². The number of rotatable bonds is 5. The summed E-state index contributed by atoms with van der Waals surface area (Å²) >= 11 is 12.3. The second kappa shape index (κ2) is 8.30. The van der Waals surface area contributed by atoms with Gasteiger partial charge >= 0.3 is 0 Å². The molecule has 158 valence electrons. The van der Waals surface area contributed by atoms with Crippen molar-refractivity contribution >= 4 is 50.3 Å². The standard InChI is InChI=1S/C21H16Cl2N4O3S/c1-13-24-18-9-10-19(21(28)26-31(29,30)16-5-3-2-4-6-16)25-20(18)27(13)12-14-7-8-15(22)11-17(14)23/h2-11H,12H2,1H3,(H,26,28). The van der Waals surface area contributed by atoms with Crippen LogP contribution in [0.1, 0.15) is 21.9 Å². The molecule has 0 unspecified atom stereocenters. The van der Waals surface area contributed by atoms with Gasteiger partial charge in [0.05, 0.1) is 11.4 Å². The zero-order valence-corrected chi connectivity index (χ0v) is 18.5. The molecule has 0 aliphatic rings. The monoisotopic (exact) mass is 474 g/mol. The molecule has 0 radical (unpaired) electrons. The van der Waals surface area contributed by atoms with Gasteiger partial charge < -0.3 is 4.57 Å². The molecule has 0 bridgehead atoms. The lowest BCUT2D eigenvalue weighted by Gasteiger charge is -2.10. The number of carbonyl (C=O) groups is 1. The highest BCUT2D eigenvalue weighted by atomic mass is 35.5. The number of halogens is 2. The van der Waals surface area contributed by atoms with E-state index in [4.69, 9.17) is 23.2 Å². The highest BCUT2D eigenvalue weighted by molar-refractivity contribution is 7.90. The van der Waals surface area contributed by atoms with E-state index in [0.717, 1.165) is 5.56 Å². The first-order valence-electron chi connectivity index (χ1n) is 9.14. The lowest BCUT2D eigenvalue weighted by Crippen LogP contribution is -2.31. The maximum atomic E-state index is 12.6. The van der Waals surface area contributed by atoms with Crippen molar-refractivity contribution in [3.63, 3.8) is 0 Å². The summed E-state index contributed by atoms with van der Waals surface area (Å²) in [6.07, 6.45) is 0. The average molecular weight is 475 g/mol. The fraction of sp³-hybridized carbons (Fsp3) is 0.0952. The van der Waals surface area contributed by atoms with E-state index in [9.17, 15) is 13.2 Å². The topological polar surface area (TPSA) is 93.9 Å². The first-order chi connectivity index (χ1) is 14.7. The highest BCUT2D eigenvalue weighted by Gasteiger charge is 2.21. The molecule has 2 aromatic carbocycles. The van der Waals surface area contributed by atoms with Gasteiger partial charge in [-0.05, 0) is 48.9 Å². The number of amides is 1. The van der Waals surface area contributed by atoms with E-state index in [1.807, 2.05) is 6.92 Å². The SMILES string of the molecule is Cc1nc2ccc(C(=O)NS(=O)(=O)c3ccccc3)nc2n1Cc1ccc(Cl)cc1Cl. The van der Waals surface area contributed by atoms with Crippen LogP contribution in [-0.2, 0) is 16.6 Å². The van der Waals surface area contributed by atoms with Crippen molar-refractivity contribution in [1.82, 2.24) is 19.3 Å². The minimum atomic E-state index is -4.02. The number of benzene rings is 2. The summed E-state index contributed by atoms with van der Waals surface area (Å²) < 4.78 is 28.8. The first-order valence-corrected chi connectivity index (χ1v) is 11.4. The van der Waals surface area contributed by atoms with Gasteiger partial charge in [0.25, 0.3) is 15.9 Å². The third-order valence-electron chi connectivity index (χ3n) is 4.64. The van der Waals surface area contributed by atoms with Crippen molar-refractivity contribution in [2.24, 2.45) is 0 Å². The quantitative estimate of drug-likeness (QED) is 0.467. The lowest BCUT2D eigenvalue weighted by atomic mass is 10.2. The van der Waals surface area contributed by atoms with E-state index >= 15 is 0 Å². The molecule has 4 aromatic rings. The van der Waals surface area contributed by atoms with Gasteiger partial charge in [-0.1, -0.05) is 47.5 Å². The molecule has 0 spiro atoms. The summed E-state index contributed by atoms with van der Waals surface area (Å²) in [5.41, 5.74) is 1.77. The number of sulfonamides is 1. The molecule has 10 heteroatoms. The van der Waals surface area contributed by atoms with Crippen LogP contribution in [0.4, 0.5) is 0 Å². The molecular weight excluding hydrogens is 459 g/mol. The molecule has 0 saturated heterocycles. The Kier molecular flexibility index (Phi) is 5.70. The van der Waals surface area contributed by atoms with Crippen LogP contribution in [0.5, 0.6) is 0 Å². The van der Waals surface area contributed by atoms with Crippen LogP contribution in [0.15, 0.2) is 65.6 Å². The average Bonchev–Trinajstić information content (AvgIpc) is 3.04. The summed E-state index contributed by atoms with van der Waals surface area (Å²) in [4.78, 5) is 21.4. The van der Waals surface area contributed by atoms with Gasteiger partial charge in [-0.2, -0.15) is 0 Å². The second-order valence-electron chi connectivity index (χ2n) is 6.77. The number of aromatic nitrogens is 3. The smallest absolute Gasteiger partial charge is 0.283 e. The van der Waals surface area contributed by atoms with Gasteiger partial charge in [0.15, 0.2) is 5.65 Å². The van der Waals surface area contributed by atoms with Crippen molar-refractivity contribution in [2.45, 2.75) is 18.4 Å². The van der Waals surface area contributed by atoms with E-state index in [0.29, 0.717) is 33.6 Å². The van der Waals surface area contributed by atoms with Crippen molar-refractivity contribution in [2.75, 3.05) is 0 Å². The number of fused-ring (bicyclic) bond motifs is 1. The number of nitrogens with one attached hydrogen (secondary N) is 1. The molecule has 4 rings (SSSR count).